The molecule has 0 spiro atoms. The van der Waals surface area contributed by atoms with Gasteiger partial charge in [-0.3, -0.25) is 15.1 Å². The summed E-state index contributed by atoms with van der Waals surface area (Å²) in [5, 5.41) is 5.22. The van der Waals surface area contributed by atoms with Gasteiger partial charge in [0, 0.05) is 24.7 Å². The number of H-pyrrole nitrogens is 1. The van der Waals surface area contributed by atoms with Crippen molar-refractivity contribution in [2.45, 2.75) is 0 Å². The van der Waals surface area contributed by atoms with Gasteiger partial charge < -0.3 is 10.2 Å². The van der Waals surface area contributed by atoms with Crippen LogP contribution in [0.1, 0.15) is 0 Å². The number of nitrogens with one attached hydrogen (secondary N) is 3. The Bertz CT molecular complexity index is 682. The Hall–Kier alpha value is -2.67. The van der Waals surface area contributed by atoms with Gasteiger partial charge in [-0.05, 0) is 14.1 Å². The summed E-state index contributed by atoms with van der Waals surface area (Å²) >= 11 is 0. The van der Waals surface area contributed by atoms with Crippen LogP contribution in [0.3, 0.4) is 0 Å². The second-order valence-corrected chi connectivity index (χ2v) is 5.03. The summed E-state index contributed by atoms with van der Waals surface area (Å²) in [7, 11) is 3.84. The quantitative estimate of drug-likeness (QED) is 0.772. The van der Waals surface area contributed by atoms with Gasteiger partial charge in [0.1, 0.15) is 0 Å². The molecule has 0 atom stereocenters. The number of aromatic amines is 1. The summed E-state index contributed by atoms with van der Waals surface area (Å²) in [5.41, 5.74) is 0.995. The van der Waals surface area contributed by atoms with E-state index in [0.717, 1.165) is 12.1 Å². The Morgan fingerprint density at radius 1 is 1.27 bits per heavy atom. The Morgan fingerprint density at radius 3 is 2.68 bits per heavy atom. The minimum Gasteiger partial charge on any atom is -0.337 e. The summed E-state index contributed by atoms with van der Waals surface area (Å²) in [4.78, 5) is 32.1. The summed E-state index contributed by atoms with van der Waals surface area (Å²) in [6, 6.07) is 10.3. The first-order valence-electron chi connectivity index (χ1n) is 6.91. The summed E-state index contributed by atoms with van der Waals surface area (Å²) in [6.45, 7) is 1.23. The Labute approximate surface area is 128 Å². The minimum absolute atomic E-state index is 0.119. The van der Waals surface area contributed by atoms with Crippen molar-refractivity contribution in [1.29, 1.82) is 0 Å². The van der Waals surface area contributed by atoms with Crippen LogP contribution < -0.4 is 16.2 Å². The van der Waals surface area contributed by atoms with E-state index in [4.69, 9.17) is 0 Å². The van der Waals surface area contributed by atoms with E-state index in [9.17, 15) is 9.59 Å². The molecule has 0 bridgehead atoms. The molecular formula is C15H19N5O2. The average molecular weight is 301 g/mol. The van der Waals surface area contributed by atoms with Crippen LogP contribution in [-0.2, 0) is 0 Å². The van der Waals surface area contributed by atoms with E-state index in [0.29, 0.717) is 12.2 Å². The van der Waals surface area contributed by atoms with Gasteiger partial charge in [0.15, 0.2) is 0 Å². The lowest BCUT2D eigenvalue weighted by Crippen LogP contribution is -2.35. The van der Waals surface area contributed by atoms with Crippen LogP contribution in [-0.4, -0.2) is 48.1 Å². The molecular weight excluding hydrogens is 282 g/mol. The van der Waals surface area contributed by atoms with E-state index in [1.54, 1.807) is 0 Å². The standard InChI is InChI=1S/C15H19N5O2/c1-20(2)9-8-16-15(22)19-14-17-12(10-13(21)18-14)11-6-4-3-5-7-11/h3-7,10H,8-9H2,1-2H3,(H3,16,17,18,19,21,22). The smallest absolute Gasteiger partial charge is 0.321 e. The zero-order chi connectivity index (χ0) is 15.9. The highest BCUT2D eigenvalue weighted by Crippen LogP contribution is 2.15. The highest BCUT2D eigenvalue weighted by atomic mass is 16.2. The van der Waals surface area contributed by atoms with Gasteiger partial charge in [0.25, 0.3) is 5.56 Å². The SMILES string of the molecule is CN(C)CCNC(=O)Nc1nc(-c2ccccc2)cc(=O)[nH]1. The van der Waals surface area contributed by atoms with Gasteiger partial charge in [-0.2, -0.15) is 0 Å². The van der Waals surface area contributed by atoms with Crippen molar-refractivity contribution in [2.75, 3.05) is 32.5 Å². The largest absolute Gasteiger partial charge is 0.337 e. The van der Waals surface area contributed by atoms with Crippen molar-refractivity contribution in [3.05, 3.63) is 46.8 Å². The predicted molar refractivity (Wildman–Crippen MR) is 85.9 cm³/mol. The zero-order valence-corrected chi connectivity index (χ0v) is 12.6. The maximum atomic E-state index is 11.8. The highest BCUT2D eigenvalue weighted by Gasteiger charge is 2.07. The first kappa shape index (κ1) is 15.7. The fraction of sp³-hybridized carbons (Fsp3) is 0.267. The number of hydrogen-bond acceptors (Lipinski definition) is 4. The molecule has 3 N–H and O–H groups in total. The van der Waals surface area contributed by atoms with Crippen LogP contribution in [0.5, 0.6) is 0 Å². The summed E-state index contributed by atoms with van der Waals surface area (Å²) in [5.74, 6) is 0.119. The van der Waals surface area contributed by atoms with E-state index >= 15 is 0 Å². The molecule has 116 valence electrons. The maximum Gasteiger partial charge on any atom is 0.321 e. The molecule has 2 rings (SSSR count). The lowest BCUT2D eigenvalue weighted by molar-refractivity contribution is 0.250. The van der Waals surface area contributed by atoms with Gasteiger partial charge in [0.2, 0.25) is 5.95 Å². The van der Waals surface area contributed by atoms with Gasteiger partial charge in [0.05, 0.1) is 5.69 Å². The van der Waals surface area contributed by atoms with Crippen molar-refractivity contribution in [2.24, 2.45) is 0 Å². The van der Waals surface area contributed by atoms with Crippen molar-refractivity contribution in [3.8, 4) is 11.3 Å². The van der Waals surface area contributed by atoms with E-state index in [1.165, 1.54) is 6.07 Å². The highest BCUT2D eigenvalue weighted by molar-refractivity contribution is 5.87. The fourth-order valence-corrected chi connectivity index (χ4v) is 1.82. The number of urea groups is 1. The molecule has 22 heavy (non-hydrogen) atoms. The summed E-state index contributed by atoms with van der Waals surface area (Å²) in [6.07, 6.45) is 0. The monoisotopic (exact) mass is 301 g/mol. The lowest BCUT2D eigenvalue weighted by Gasteiger charge is -2.11. The van der Waals surface area contributed by atoms with Crippen LogP contribution >= 0.6 is 0 Å². The lowest BCUT2D eigenvalue weighted by atomic mass is 10.1. The van der Waals surface area contributed by atoms with Crippen LogP contribution in [0.15, 0.2) is 41.2 Å². The normalized spacial score (nSPS) is 10.5. The molecule has 2 amide bonds. The van der Waals surface area contributed by atoms with E-state index in [1.807, 2.05) is 49.3 Å². The maximum absolute atomic E-state index is 11.8. The molecule has 0 saturated carbocycles. The van der Waals surface area contributed by atoms with E-state index < -0.39 is 6.03 Å². The number of rotatable bonds is 5. The van der Waals surface area contributed by atoms with Crippen molar-refractivity contribution in [3.63, 3.8) is 0 Å². The Kier molecular flexibility index (Phi) is 5.26. The average Bonchev–Trinajstić information content (AvgIpc) is 2.47. The number of benzene rings is 1. The molecule has 7 heteroatoms. The molecule has 0 aliphatic heterocycles. The number of aromatic nitrogens is 2. The van der Waals surface area contributed by atoms with E-state index in [-0.39, 0.29) is 11.5 Å². The molecule has 0 radical (unpaired) electrons. The minimum atomic E-state index is -0.407. The topological polar surface area (TPSA) is 90.1 Å². The number of carbonyl (C=O) groups excluding carboxylic acids is 1. The molecule has 2 aromatic rings. The molecule has 1 aromatic heterocycles. The first-order valence-corrected chi connectivity index (χ1v) is 6.91. The number of carbonyl (C=O) groups is 1. The fourth-order valence-electron chi connectivity index (χ4n) is 1.82. The molecule has 7 nitrogen and oxygen atoms in total. The van der Waals surface area contributed by atoms with Crippen LogP contribution in [0.25, 0.3) is 11.3 Å². The third-order valence-electron chi connectivity index (χ3n) is 2.89. The number of nitrogens with zero attached hydrogens (tertiary/aromatic N) is 2. The second-order valence-electron chi connectivity index (χ2n) is 5.03. The molecule has 1 heterocycles. The molecule has 0 saturated heterocycles. The number of likely N-dealkylation sites (N-methyl/N-ethyl adjacent to an activating group) is 1. The second kappa shape index (κ2) is 7.37. The third kappa shape index (κ3) is 4.71. The van der Waals surface area contributed by atoms with Crippen LogP contribution in [0.4, 0.5) is 10.7 Å². The van der Waals surface area contributed by atoms with Crippen LogP contribution in [0, 0.1) is 0 Å². The van der Waals surface area contributed by atoms with Crippen molar-refractivity contribution >= 4 is 12.0 Å². The number of amides is 2. The van der Waals surface area contributed by atoms with Gasteiger partial charge in [-0.1, -0.05) is 30.3 Å². The van der Waals surface area contributed by atoms with Gasteiger partial charge >= 0.3 is 6.03 Å². The Morgan fingerprint density at radius 2 is 2.00 bits per heavy atom. The molecule has 0 aliphatic carbocycles. The number of hydrogen-bond donors (Lipinski definition) is 3. The van der Waals surface area contributed by atoms with Gasteiger partial charge in [-0.15, -0.1) is 0 Å². The number of anilines is 1. The predicted octanol–water partition coefficient (Wildman–Crippen LogP) is 1.12. The first-order chi connectivity index (χ1) is 10.5. The molecule has 0 aliphatic rings. The zero-order valence-electron chi connectivity index (χ0n) is 12.6. The van der Waals surface area contributed by atoms with E-state index in [2.05, 4.69) is 20.6 Å². The molecule has 0 unspecified atom stereocenters. The van der Waals surface area contributed by atoms with Crippen molar-refractivity contribution in [1.82, 2.24) is 20.2 Å². The molecule has 1 aromatic carbocycles. The molecule has 0 fully saturated rings. The van der Waals surface area contributed by atoms with Crippen molar-refractivity contribution < 1.29 is 4.79 Å². The Balaban J connectivity index is 2.07. The van der Waals surface area contributed by atoms with Crippen LogP contribution in [0.2, 0.25) is 0 Å². The third-order valence-corrected chi connectivity index (χ3v) is 2.89. The summed E-state index contributed by atoms with van der Waals surface area (Å²) < 4.78 is 0. The van der Waals surface area contributed by atoms with Gasteiger partial charge in [-0.25, -0.2) is 9.78 Å².